The maximum Gasteiger partial charge on any atom is 0.0601 e. The Kier molecular flexibility index (Phi) is 6.22. The zero-order valence-corrected chi connectivity index (χ0v) is 13.0. The lowest BCUT2D eigenvalue weighted by atomic mass is 10.2. The summed E-state index contributed by atoms with van der Waals surface area (Å²) in [6.07, 6.45) is 3.14. The van der Waals surface area contributed by atoms with Gasteiger partial charge in [0.05, 0.1) is 12.2 Å². The van der Waals surface area contributed by atoms with Crippen LogP contribution < -0.4 is 10.2 Å². The van der Waals surface area contributed by atoms with E-state index in [0.717, 1.165) is 38.3 Å². The van der Waals surface area contributed by atoms with Crippen molar-refractivity contribution in [3.63, 3.8) is 0 Å². The number of hydrogen-bond donors (Lipinski definition) is 1. The molecule has 2 aromatic rings. The minimum Gasteiger partial charge on any atom is -0.366 e. The van der Waals surface area contributed by atoms with Gasteiger partial charge in [-0.3, -0.25) is 4.98 Å². The maximum atomic E-state index is 4.59. The summed E-state index contributed by atoms with van der Waals surface area (Å²) < 4.78 is 0. The van der Waals surface area contributed by atoms with Gasteiger partial charge in [0.2, 0.25) is 0 Å². The van der Waals surface area contributed by atoms with Crippen molar-refractivity contribution in [2.75, 3.05) is 18.0 Å². The molecule has 0 saturated carbocycles. The van der Waals surface area contributed by atoms with E-state index in [0.29, 0.717) is 0 Å². The quantitative estimate of drug-likeness (QED) is 0.750. The first-order valence-corrected chi connectivity index (χ1v) is 7.78. The van der Waals surface area contributed by atoms with Gasteiger partial charge in [-0.25, -0.2) is 0 Å². The van der Waals surface area contributed by atoms with Crippen LogP contribution in [0.2, 0.25) is 0 Å². The molecular formula is C18H25N3. The van der Waals surface area contributed by atoms with Crippen LogP contribution in [0.15, 0.2) is 48.7 Å². The van der Waals surface area contributed by atoms with Crippen molar-refractivity contribution < 1.29 is 0 Å². The first-order valence-electron chi connectivity index (χ1n) is 7.78. The fraction of sp³-hybridized carbons (Fsp3) is 0.389. The Morgan fingerprint density at radius 2 is 1.86 bits per heavy atom. The molecule has 0 aliphatic carbocycles. The summed E-state index contributed by atoms with van der Waals surface area (Å²) in [5, 5.41) is 3.40. The van der Waals surface area contributed by atoms with Gasteiger partial charge in [0.25, 0.3) is 0 Å². The highest BCUT2D eigenvalue weighted by Gasteiger charge is 2.05. The highest BCUT2D eigenvalue weighted by molar-refractivity contribution is 5.46. The Morgan fingerprint density at radius 1 is 1.05 bits per heavy atom. The summed E-state index contributed by atoms with van der Waals surface area (Å²) in [5.41, 5.74) is 3.60. The SMILES string of the molecule is CCCNCc1ccc(CN(CC)c2ccccc2)nc1. The second kappa shape index (κ2) is 8.42. The van der Waals surface area contributed by atoms with E-state index in [1.807, 2.05) is 12.3 Å². The first kappa shape index (κ1) is 15.5. The van der Waals surface area contributed by atoms with Crippen LogP contribution in [0.5, 0.6) is 0 Å². The standard InChI is InChI=1S/C18H25N3/c1-3-12-19-13-16-10-11-17(20-14-16)15-21(4-2)18-8-6-5-7-9-18/h5-11,14,19H,3-4,12-13,15H2,1-2H3. The zero-order valence-electron chi connectivity index (χ0n) is 13.0. The van der Waals surface area contributed by atoms with Crippen molar-refractivity contribution >= 4 is 5.69 Å². The molecule has 0 saturated heterocycles. The maximum absolute atomic E-state index is 4.59. The van der Waals surface area contributed by atoms with Gasteiger partial charge in [0.1, 0.15) is 0 Å². The van der Waals surface area contributed by atoms with Gasteiger partial charge in [0.15, 0.2) is 0 Å². The van der Waals surface area contributed by atoms with Crippen LogP contribution in [0.1, 0.15) is 31.5 Å². The first-order chi connectivity index (χ1) is 10.3. The summed E-state index contributed by atoms with van der Waals surface area (Å²) in [7, 11) is 0. The Hall–Kier alpha value is -1.87. The van der Waals surface area contributed by atoms with Crippen LogP contribution in [0, 0.1) is 0 Å². The van der Waals surface area contributed by atoms with E-state index in [9.17, 15) is 0 Å². The summed E-state index contributed by atoms with van der Waals surface area (Å²) in [6.45, 7) is 8.14. The van der Waals surface area contributed by atoms with Crippen LogP contribution in [0.4, 0.5) is 5.69 Å². The molecule has 0 aliphatic heterocycles. The Balaban J connectivity index is 1.95. The highest BCUT2D eigenvalue weighted by Crippen LogP contribution is 2.15. The largest absolute Gasteiger partial charge is 0.366 e. The minimum absolute atomic E-state index is 0.850. The second-order valence-electron chi connectivity index (χ2n) is 5.18. The van der Waals surface area contributed by atoms with E-state index in [1.165, 1.54) is 11.3 Å². The van der Waals surface area contributed by atoms with Crippen molar-refractivity contribution in [1.29, 1.82) is 0 Å². The number of nitrogens with one attached hydrogen (secondary N) is 1. The van der Waals surface area contributed by atoms with E-state index in [-0.39, 0.29) is 0 Å². The molecule has 0 atom stereocenters. The number of anilines is 1. The molecular weight excluding hydrogens is 258 g/mol. The van der Waals surface area contributed by atoms with Gasteiger partial charge in [-0.2, -0.15) is 0 Å². The van der Waals surface area contributed by atoms with Crippen molar-refractivity contribution in [2.45, 2.75) is 33.4 Å². The molecule has 0 radical (unpaired) electrons. The summed E-state index contributed by atoms with van der Waals surface area (Å²) in [4.78, 5) is 6.92. The van der Waals surface area contributed by atoms with Crippen molar-refractivity contribution in [2.24, 2.45) is 0 Å². The van der Waals surface area contributed by atoms with Crippen molar-refractivity contribution in [1.82, 2.24) is 10.3 Å². The normalized spacial score (nSPS) is 10.6. The predicted octanol–water partition coefficient (Wildman–Crippen LogP) is 3.61. The van der Waals surface area contributed by atoms with Gasteiger partial charge in [-0.15, -0.1) is 0 Å². The van der Waals surface area contributed by atoms with Crippen molar-refractivity contribution in [3.8, 4) is 0 Å². The molecule has 0 fully saturated rings. The number of aromatic nitrogens is 1. The van der Waals surface area contributed by atoms with Crippen LogP contribution in [-0.2, 0) is 13.1 Å². The highest BCUT2D eigenvalue weighted by atomic mass is 15.1. The lowest BCUT2D eigenvalue weighted by Crippen LogP contribution is -2.22. The van der Waals surface area contributed by atoms with Crippen LogP contribution in [-0.4, -0.2) is 18.1 Å². The summed E-state index contributed by atoms with van der Waals surface area (Å²) >= 11 is 0. The topological polar surface area (TPSA) is 28.2 Å². The molecule has 1 aromatic heterocycles. The van der Waals surface area contributed by atoms with E-state index < -0.39 is 0 Å². The molecule has 3 heteroatoms. The fourth-order valence-corrected chi connectivity index (χ4v) is 2.28. The number of benzene rings is 1. The van der Waals surface area contributed by atoms with Crippen molar-refractivity contribution in [3.05, 3.63) is 59.9 Å². The Bertz CT molecular complexity index is 508. The smallest absolute Gasteiger partial charge is 0.0601 e. The number of para-hydroxylation sites is 1. The monoisotopic (exact) mass is 283 g/mol. The molecule has 2 rings (SSSR count). The number of hydrogen-bond acceptors (Lipinski definition) is 3. The minimum atomic E-state index is 0.850. The third kappa shape index (κ3) is 4.87. The summed E-state index contributed by atoms with van der Waals surface area (Å²) in [5.74, 6) is 0. The number of nitrogens with zero attached hydrogens (tertiary/aromatic N) is 2. The van der Waals surface area contributed by atoms with E-state index in [1.54, 1.807) is 0 Å². The van der Waals surface area contributed by atoms with Gasteiger partial charge in [-0.1, -0.05) is 31.2 Å². The molecule has 3 nitrogen and oxygen atoms in total. The van der Waals surface area contributed by atoms with E-state index in [4.69, 9.17) is 0 Å². The van der Waals surface area contributed by atoms with Crippen LogP contribution in [0.25, 0.3) is 0 Å². The number of rotatable bonds is 8. The van der Waals surface area contributed by atoms with Gasteiger partial charge >= 0.3 is 0 Å². The summed E-state index contributed by atoms with van der Waals surface area (Å²) in [6, 6.07) is 14.8. The average molecular weight is 283 g/mol. The average Bonchev–Trinajstić information content (AvgIpc) is 2.55. The third-order valence-electron chi connectivity index (χ3n) is 3.50. The second-order valence-corrected chi connectivity index (χ2v) is 5.18. The van der Waals surface area contributed by atoms with Crippen LogP contribution in [0.3, 0.4) is 0 Å². The van der Waals surface area contributed by atoms with E-state index in [2.05, 4.69) is 65.4 Å². The van der Waals surface area contributed by atoms with Gasteiger partial charge in [0, 0.05) is 25.0 Å². The molecule has 1 heterocycles. The van der Waals surface area contributed by atoms with Gasteiger partial charge < -0.3 is 10.2 Å². The molecule has 1 aromatic carbocycles. The zero-order chi connectivity index (χ0) is 14.9. The molecule has 112 valence electrons. The number of pyridine rings is 1. The van der Waals surface area contributed by atoms with Crippen LogP contribution >= 0.6 is 0 Å². The third-order valence-corrected chi connectivity index (χ3v) is 3.50. The van der Waals surface area contributed by atoms with E-state index >= 15 is 0 Å². The molecule has 0 bridgehead atoms. The lowest BCUT2D eigenvalue weighted by molar-refractivity contribution is 0.673. The fourth-order valence-electron chi connectivity index (χ4n) is 2.28. The molecule has 21 heavy (non-hydrogen) atoms. The Morgan fingerprint density at radius 3 is 2.48 bits per heavy atom. The molecule has 0 unspecified atom stereocenters. The molecule has 1 N–H and O–H groups in total. The molecule has 0 amide bonds. The lowest BCUT2D eigenvalue weighted by Gasteiger charge is -2.22. The Labute approximate surface area is 128 Å². The molecule has 0 spiro atoms. The van der Waals surface area contributed by atoms with Gasteiger partial charge in [-0.05, 0) is 43.7 Å². The predicted molar refractivity (Wildman–Crippen MR) is 89.4 cm³/mol. The molecule has 0 aliphatic rings.